The number of aliphatic hydroxyl groups is 1. The largest absolute Gasteiger partial charge is 0.481 e. The van der Waals surface area contributed by atoms with Crippen molar-refractivity contribution in [3.8, 4) is 0 Å². The molecule has 0 heterocycles. The van der Waals surface area contributed by atoms with Crippen LogP contribution in [-0.2, 0) is 38.2 Å². The molecule has 0 spiro atoms. The minimum Gasteiger partial charge on any atom is -0.481 e. The maximum absolute atomic E-state index is 13.5. The van der Waals surface area contributed by atoms with Gasteiger partial charge in [-0.2, -0.15) is 0 Å². The number of carboxylic acids is 1. The number of ether oxygens (including phenoxy) is 3. The third-order valence-electron chi connectivity index (χ3n) is 8.53. The van der Waals surface area contributed by atoms with Crippen molar-refractivity contribution in [1.29, 1.82) is 0 Å². The number of aliphatic carboxylic acids is 1. The molecule has 14 heteroatoms. The first-order chi connectivity index (χ1) is 21.9. The Labute approximate surface area is 279 Å². The van der Waals surface area contributed by atoms with Crippen molar-refractivity contribution in [2.45, 2.75) is 144 Å². The van der Waals surface area contributed by atoms with E-state index in [0.717, 1.165) is 0 Å². The quantitative estimate of drug-likeness (QED) is 0.0567. The Morgan fingerprint density at radius 2 is 1.17 bits per heavy atom. The first-order valence-electron chi connectivity index (χ1n) is 16.8. The summed E-state index contributed by atoms with van der Waals surface area (Å²) in [5, 5.41) is 24.4. The van der Waals surface area contributed by atoms with E-state index in [1.54, 1.807) is 27.7 Å². The molecule has 272 valence electrons. The molecular formula is C33H59N3O11. The van der Waals surface area contributed by atoms with E-state index in [9.17, 15) is 39.0 Å². The van der Waals surface area contributed by atoms with E-state index in [2.05, 4.69) is 10.6 Å². The summed E-state index contributed by atoms with van der Waals surface area (Å²) in [4.78, 5) is 74.6. The highest BCUT2D eigenvalue weighted by atomic mass is 16.6. The van der Waals surface area contributed by atoms with Crippen molar-refractivity contribution in [1.82, 2.24) is 10.6 Å². The lowest BCUT2D eigenvalue weighted by molar-refractivity contribution is -0.166. The highest BCUT2D eigenvalue weighted by Gasteiger charge is 2.33. The summed E-state index contributed by atoms with van der Waals surface area (Å²) in [6.45, 7) is 14.7. The molecule has 0 aromatic carbocycles. The Morgan fingerprint density at radius 3 is 1.62 bits per heavy atom. The zero-order valence-electron chi connectivity index (χ0n) is 29.4. The molecule has 0 aliphatic carbocycles. The standard InChI is InChI=1S/C33H59N3O11/c1-9-20(6)25(45-30(41)15-24(37)19(4)5)16-28(38)36-23(13-12-14-35-33(34)44)32(43)47-27(22(8)11-3)18-31(42)46-26(17-29(39)40)21(7)10-2/h19-27,37H,9-18H2,1-8H3,(H,36,38)(H,39,40)(H3,34,35,44). The fourth-order valence-electron chi connectivity index (χ4n) is 4.48. The number of esters is 3. The second-order valence-electron chi connectivity index (χ2n) is 12.8. The lowest BCUT2D eigenvalue weighted by Gasteiger charge is -2.28. The van der Waals surface area contributed by atoms with Crippen molar-refractivity contribution in [3.63, 3.8) is 0 Å². The van der Waals surface area contributed by atoms with Crippen molar-refractivity contribution >= 4 is 35.8 Å². The average molecular weight is 674 g/mol. The number of nitrogens with one attached hydrogen (secondary N) is 2. The van der Waals surface area contributed by atoms with Gasteiger partial charge in [0.2, 0.25) is 5.91 Å². The minimum atomic E-state index is -1.17. The smallest absolute Gasteiger partial charge is 0.328 e. The number of hydrogen-bond acceptors (Lipinski definition) is 10. The lowest BCUT2D eigenvalue weighted by atomic mass is 9.97. The summed E-state index contributed by atoms with van der Waals surface area (Å²) < 4.78 is 16.8. The zero-order valence-corrected chi connectivity index (χ0v) is 29.4. The highest BCUT2D eigenvalue weighted by molar-refractivity contribution is 5.85. The predicted octanol–water partition coefficient (Wildman–Crippen LogP) is 3.46. The number of carbonyl (C=O) groups excluding carboxylic acids is 5. The van der Waals surface area contributed by atoms with Gasteiger partial charge >= 0.3 is 29.9 Å². The molecule has 0 fully saturated rings. The molecule has 14 nitrogen and oxygen atoms in total. The van der Waals surface area contributed by atoms with Gasteiger partial charge in [0.05, 0.1) is 31.8 Å². The number of amides is 3. The van der Waals surface area contributed by atoms with Gasteiger partial charge in [-0.05, 0) is 36.5 Å². The number of urea groups is 1. The summed E-state index contributed by atoms with van der Waals surface area (Å²) in [7, 11) is 0. The molecular weight excluding hydrogens is 614 g/mol. The summed E-state index contributed by atoms with van der Waals surface area (Å²) in [5.41, 5.74) is 5.14. The molecule has 0 radical (unpaired) electrons. The second kappa shape index (κ2) is 23.0. The van der Waals surface area contributed by atoms with Crippen LogP contribution in [0.25, 0.3) is 0 Å². The Balaban J connectivity index is 5.85. The fourth-order valence-corrected chi connectivity index (χ4v) is 4.48. The molecule has 0 bridgehead atoms. The van der Waals surface area contributed by atoms with Gasteiger partial charge in [0.1, 0.15) is 24.4 Å². The molecule has 0 aliphatic heterocycles. The molecule has 0 aromatic rings. The van der Waals surface area contributed by atoms with E-state index in [1.165, 1.54) is 0 Å². The highest BCUT2D eigenvalue weighted by Crippen LogP contribution is 2.22. The van der Waals surface area contributed by atoms with Crippen molar-refractivity contribution in [3.05, 3.63) is 0 Å². The maximum atomic E-state index is 13.5. The normalized spacial score (nSPS) is 16.4. The molecule has 0 aliphatic rings. The SMILES string of the molecule is CCC(C)C(CC(=O)O)OC(=O)CC(OC(=O)C(CCCNC(N)=O)NC(=O)CC(OC(=O)CC(O)C(C)C)C(C)CC)C(C)CC. The van der Waals surface area contributed by atoms with Crippen LogP contribution in [0, 0.1) is 23.7 Å². The minimum absolute atomic E-state index is 0.0611. The molecule has 8 atom stereocenters. The first kappa shape index (κ1) is 43.6. The Morgan fingerprint density at radius 1 is 0.702 bits per heavy atom. The summed E-state index contributed by atoms with van der Waals surface area (Å²) in [6.07, 6.45) is -2.56. The molecule has 8 unspecified atom stereocenters. The van der Waals surface area contributed by atoms with Gasteiger partial charge < -0.3 is 40.8 Å². The lowest BCUT2D eigenvalue weighted by Crippen LogP contribution is -2.46. The fraction of sp³-hybridized carbons (Fsp3) is 0.818. The number of rotatable bonds is 24. The summed E-state index contributed by atoms with van der Waals surface area (Å²) in [6, 6.07) is -1.92. The third kappa shape index (κ3) is 18.5. The number of carbonyl (C=O) groups is 6. The first-order valence-corrected chi connectivity index (χ1v) is 16.8. The van der Waals surface area contributed by atoms with E-state index < -0.39 is 66.3 Å². The van der Waals surface area contributed by atoms with Gasteiger partial charge in [-0.15, -0.1) is 0 Å². The predicted molar refractivity (Wildman–Crippen MR) is 174 cm³/mol. The van der Waals surface area contributed by atoms with Crippen molar-refractivity contribution in [2.75, 3.05) is 6.54 Å². The van der Waals surface area contributed by atoms with Gasteiger partial charge in [0, 0.05) is 6.54 Å². The van der Waals surface area contributed by atoms with Gasteiger partial charge in [-0.25, -0.2) is 9.59 Å². The molecule has 47 heavy (non-hydrogen) atoms. The Kier molecular flexibility index (Phi) is 21.3. The topological polar surface area (TPSA) is 221 Å². The van der Waals surface area contributed by atoms with Crippen LogP contribution in [0.1, 0.15) is 113 Å². The van der Waals surface area contributed by atoms with Gasteiger partial charge in [0.15, 0.2) is 0 Å². The van der Waals surface area contributed by atoms with E-state index in [-0.39, 0.29) is 68.7 Å². The molecule has 0 aromatic heterocycles. The third-order valence-corrected chi connectivity index (χ3v) is 8.53. The number of aliphatic hydroxyl groups excluding tert-OH is 1. The van der Waals surface area contributed by atoms with Crippen LogP contribution in [-0.4, -0.2) is 83.0 Å². The zero-order chi connectivity index (χ0) is 36.3. The number of nitrogens with two attached hydrogens (primary N) is 1. The molecule has 6 N–H and O–H groups in total. The van der Waals surface area contributed by atoms with E-state index in [4.69, 9.17) is 19.9 Å². The molecule has 0 saturated heterocycles. The van der Waals surface area contributed by atoms with Crippen LogP contribution in [0.5, 0.6) is 0 Å². The Bertz CT molecular complexity index is 1010. The van der Waals surface area contributed by atoms with Crippen LogP contribution < -0.4 is 16.4 Å². The van der Waals surface area contributed by atoms with Crippen LogP contribution in [0.15, 0.2) is 0 Å². The van der Waals surface area contributed by atoms with Crippen molar-refractivity contribution in [2.24, 2.45) is 29.4 Å². The second-order valence-corrected chi connectivity index (χ2v) is 12.8. The van der Waals surface area contributed by atoms with Gasteiger partial charge in [0.25, 0.3) is 0 Å². The molecule has 0 rings (SSSR count). The van der Waals surface area contributed by atoms with Crippen LogP contribution >= 0.6 is 0 Å². The van der Waals surface area contributed by atoms with Gasteiger partial charge in [-0.3, -0.25) is 19.2 Å². The van der Waals surface area contributed by atoms with Crippen LogP contribution in [0.2, 0.25) is 0 Å². The van der Waals surface area contributed by atoms with Gasteiger partial charge in [-0.1, -0.05) is 74.7 Å². The van der Waals surface area contributed by atoms with E-state index in [0.29, 0.717) is 19.3 Å². The average Bonchev–Trinajstić information content (AvgIpc) is 2.99. The van der Waals surface area contributed by atoms with Crippen LogP contribution in [0.3, 0.4) is 0 Å². The van der Waals surface area contributed by atoms with E-state index >= 15 is 0 Å². The maximum Gasteiger partial charge on any atom is 0.328 e. The molecule has 3 amide bonds. The monoisotopic (exact) mass is 673 g/mol. The molecule has 0 saturated carbocycles. The Hall–Kier alpha value is -3.42. The van der Waals surface area contributed by atoms with Crippen molar-refractivity contribution < 1.29 is 53.2 Å². The van der Waals surface area contributed by atoms with Crippen LogP contribution in [0.4, 0.5) is 4.79 Å². The summed E-state index contributed by atoms with van der Waals surface area (Å²) >= 11 is 0. The van der Waals surface area contributed by atoms with E-state index in [1.807, 2.05) is 27.7 Å². The number of primary amides is 1. The number of carboxylic acid groups (broad SMARTS) is 1. The summed E-state index contributed by atoms with van der Waals surface area (Å²) in [5.74, 6) is -4.68. The number of hydrogen-bond donors (Lipinski definition) is 5.